The number of hydrogen-bond acceptors (Lipinski definition) is 1. The van der Waals surface area contributed by atoms with Gasteiger partial charge in [0.25, 0.3) is 0 Å². The first-order chi connectivity index (χ1) is 7.84. The average molecular weight is 209 g/mol. The molecule has 1 nitrogen and oxygen atoms in total. The number of nitrogens with zero attached hydrogens (tertiary/aromatic N) is 1. The summed E-state index contributed by atoms with van der Waals surface area (Å²) in [5.74, 6) is 0. The first-order valence-corrected chi connectivity index (χ1v) is 5.73. The lowest BCUT2D eigenvalue weighted by molar-refractivity contribution is 1.12. The Kier molecular flexibility index (Phi) is 2.17. The van der Waals surface area contributed by atoms with E-state index in [1.54, 1.807) is 0 Å². The van der Waals surface area contributed by atoms with Gasteiger partial charge in [0, 0.05) is 12.2 Å². The lowest BCUT2D eigenvalue weighted by atomic mass is 10.1. The summed E-state index contributed by atoms with van der Waals surface area (Å²) in [4.78, 5) is 2.43. The summed E-state index contributed by atoms with van der Waals surface area (Å²) in [6, 6.07) is 20.1. The van der Waals surface area contributed by atoms with Crippen LogP contribution in [0.3, 0.4) is 0 Å². The lowest BCUT2D eigenvalue weighted by Gasteiger charge is -2.06. The zero-order valence-corrected chi connectivity index (χ0v) is 9.43. The van der Waals surface area contributed by atoms with Crippen LogP contribution in [0.25, 0.3) is 0 Å². The number of anilines is 1. The predicted molar refractivity (Wildman–Crippen MR) is 67.7 cm³/mol. The van der Waals surface area contributed by atoms with Gasteiger partial charge in [-0.3, -0.25) is 0 Å². The molecule has 2 aromatic rings. The van der Waals surface area contributed by atoms with Crippen molar-refractivity contribution < 1.29 is 0 Å². The number of hydrogen-bond donors (Lipinski definition) is 0. The van der Waals surface area contributed by atoms with Gasteiger partial charge in [-0.1, -0.05) is 48.0 Å². The normalized spacial score (nSPS) is 18.6. The van der Waals surface area contributed by atoms with Gasteiger partial charge in [0.05, 0.1) is 6.04 Å². The quantitative estimate of drug-likeness (QED) is 0.683. The summed E-state index contributed by atoms with van der Waals surface area (Å²) in [6.07, 6.45) is 0. The van der Waals surface area contributed by atoms with Crippen LogP contribution in [0.15, 0.2) is 54.6 Å². The van der Waals surface area contributed by atoms with E-state index in [1.807, 2.05) is 0 Å². The van der Waals surface area contributed by atoms with Crippen LogP contribution in [0.2, 0.25) is 0 Å². The first-order valence-electron chi connectivity index (χ1n) is 5.73. The molecular weight excluding hydrogens is 194 g/mol. The Bertz CT molecular complexity index is 473. The fourth-order valence-corrected chi connectivity index (χ4v) is 2.12. The van der Waals surface area contributed by atoms with Crippen molar-refractivity contribution in [2.45, 2.75) is 13.0 Å². The number of aryl methyl sites for hydroxylation is 1. The monoisotopic (exact) mass is 209 g/mol. The van der Waals surface area contributed by atoms with Crippen LogP contribution >= 0.6 is 0 Å². The molecule has 0 radical (unpaired) electrons. The second kappa shape index (κ2) is 3.67. The molecule has 1 aliphatic heterocycles. The molecule has 0 aliphatic carbocycles. The van der Waals surface area contributed by atoms with Gasteiger partial charge in [-0.2, -0.15) is 0 Å². The molecule has 1 aliphatic rings. The van der Waals surface area contributed by atoms with E-state index in [-0.39, 0.29) is 0 Å². The minimum Gasteiger partial charge on any atom is -0.360 e. The van der Waals surface area contributed by atoms with E-state index < -0.39 is 0 Å². The number of benzene rings is 2. The largest absolute Gasteiger partial charge is 0.360 e. The van der Waals surface area contributed by atoms with E-state index in [4.69, 9.17) is 0 Å². The molecule has 1 atom stereocenters. The molecule has 1 saturated heterocycles. The second-order valence-electron chi connectivity index (χ2n) is 4.41. The third kappa shape index (κ3) is 1.69. The maximum atomic E-state index is 2.43. The van der Waals surface area contributed by atoms with E-state index in [0.717, 1.165) is 6.54 Å². The van der Waals surface area contributed by atoms with Crippen LogP contribution in [-0.4, -0.2) is 6.54 Å². The Hall–Kier alpha value is -1.76. The predicted octanol–water partition coefficient (Wildman–Crippen LogP) is 3.56. The molecule has 0 N–H and O–H groups in total. The SMILES string of the molecule is Cc1ccc(N2CC2c2ccccc2)cc1. The highest BCUT2D eigenvalue weighted by molar-refractivity contribution is 5.56. The second-order valence-corrected chi connectivity index (χ2v) is 4.41. The maximum Gasteiger partial charge on any atom is 0.0718 e. The van der Waals surface area contributed by atoms with E-state index in [2.05, 4.69) is 66.4 Å². The van der Waals surface area contributed by atoms with Gasteiger partial charge in [-0.05, 0) is 24.6 Å². The van der Waals surface area contributed by atoms with Crippen molar-refractivity contribution in [2.24, 2.45) is 0 Å². The molecule has 0 saturated carbocycles. The Balaban J connectivity index is 1.79. The van der Waals surface area contributed by atoms with Gasteiger partial charge in [0.15, 0.2) is 0 Å². The first kappa shape index (κ1) is 9.46. The van der Waals surface area contributed by atoms with Gasteiger partial charge in [0.1, 0.15) is 0 Å². The third-order valence-electron chi connectivity index (χ3n) is 3.16. The highest BCUT2D eigenvalue weighted by atomic mass is 15.3. The molecule has 1 fully saturated rings. The standard InChI is InChI=1S/C15H15N/c1-12-7-9-14(10-8-12)16-11-15(16)13-5-3-2-4-6-13/h2-10,15H,11H2,1H3. The van der Waals surface area contributed by atoms with Crippen molar-refractivity contribution in [1.82, 2.24) is 0 Å². The molecule has 0 amide bonds. The Labute approximate surface area is 96.3 Å². The lowest BCUT2D eigenvalue weighted by Crippen LogP contribution is -1.93. The summed E-state index contributed by atoms with van der Waals surface area (Å²) < 4.78 is 0. The zero-order valence-electron chi connectivity index (χ0n) is 9.43. The van der Waals surface area contributed by atoms with Crippen molar-refractivity contribution in [3.8, 4) is 0 Å². The molecule has 80 valence electrons. The fourth-order valence-electron chi connectivity index (χ4n) is 2.12. The average Bonchev–Trinajstić information content (AvgIpc) is 3.11. The van der Waals surface area contributed by atoms with Crippen LogP contribution in [-0.2, 0) is 0 Å². The Morgan fingerprint density at radius 3 is 2.31 bits per heavy atom. The van der Waals surface area contributed by atoms with Crippen molar-refractivity contribution in [3.05, 3.63) is 65.7 Å². The molecule has 0 spiro atoms. The van der Waals surface area contributed by atoms with E-state index >= 15 is 0 Å². The van der Waals surface area contributed by atoms with Crippen molar-refractivity contribution >= 4 is 5.69 Å². The van der Waals surface area contributed by atoms with Crippen LogP contribution in [0, 0.1) is 6.92 Å². The smallest absolute Gasteiger partial charge is 0.0718 e. The highest BCUT2D eigenvalue weighted by Gasteiger charge is 2.34. The summed E-state index contributed by atoms with van der Waals surface area (Å²) in [6.45, 7) is 3.27. The summed E-state index contributed by atoms with van der Waals surface area (Å²) in [5.41, 5.74) is 4.07. The fraction of sp³-hybridized carbons (Fsp3) is 0.200. The summed E-state index contributed by atoms with van der Waals surface area (Å²) in [7, 11) is 0. The highest BCUT2D eigenvalue weighted by Crippen LogP contribution is 2.39. The molecule has 2 aromatic carbocycles. The topological polar surface area (TPSA) is 3.01 Å². The maximum absolute atomic E-state index is 2.43. The van der Waals surface area contributed by atoms with Gasteiger partial charge >= 0.3 is 0 Å². The third-order valence-corrected chi connectivity index (χ3v) is 3.16. The minimum atomic E-state index is 0.587. The van der Waals surface area contributed by atoms with Gasteiger partial charge in [-0.15, -0.1) is 0 Å². The van der Waals surface area contributed by atoms with Crippen LogP contribution in [0.1, 0.15) is 17.2 Å². The molecule has 16 heavy (non-hydrogen) atoms. The minimum absolute atomic E-state index is 0.587. The molecule has 3 rings (SSSR count). The molecule has 0 bridgehead atoms. The Morgan fingerprint density at radius 2 is 1.62 bits per heavy atom. The van der Waals surface area contributed by atoms with E-state index in [1.165, 1.54) is 16.8 Å². The van der Waals surface area contributed by atoms with Crippen LogP contribution in [0.5, 0.6) is 0 Å². The molecular formula is C15H15N. The summed E-state index contributed by atoms with van der Waals surface area (Å²) >= 11 is 0. The molecule has 0 aromatic heterocycles. The molecule has 1 heteroatoms. The van der Waals surface area contributed by atoms with E-state index in [9.17, 15) is 0 Å². The van der Waals surface area contributed by atoms with Gasteiger partial charge in [-0.25, -0.2) is 0 Å². The zero-order chi connectivity index (χ0) is 11.0. The molecule has 1 heterocycles. The van der Waals surface area contributed by atoms with Crippen LogP contribution in [0.4, 0.5) is 5.69 Å². The summed E-state index contributed by atoms with van der Waals surface area (Å²) in [5, 5.41) is 0. The Morgan fingerprint density at radius 1 is 0.938 bits per heavy atom. The van der Waals surface area contributed by atoms with Gasteiger partial charge in [0.2, 0.25) is 0 Å². The number of rotatable bonds is 2. The van der Waals surface area contributed by atoms with E-state index in [0.29, 0.717) is 6.04 Å². The van der Waals surface area contributed by atoms with Crippen LogP contribution < -0.4 is 4.90 Å². The molecule has 1 unspecified atom stereocenters. The van der Waals surface area contributed by atoms with Crippen molar-refractivity contribution in [3.63, 3.8) is 0 Å². The van der Waals surface area contributed by atoms with Crippen molar-refractivity contribution in [2.75, 3.05) is 11.4 Å². The van der Waals surface area contributed by atoms with Crippen molar-refractivity contribution in [1.29, 1.82) is 0 Å². The van der Waals surface area contributed by atoms with Gasteiger partial charge < -0.3 is 4.90 Å².